The molecule has 2 heterocycles. The summed E-state index contributed by atoms with van der Waals surface area (Å²) in [5.41, 5.74) is 0. The monoisotopic (exact) mass is 402 g/mol. The third kappa shape index (κ3) is 6.59. The van der Waals surface area contributed by atoms with Gasteiger partial charge < -0.3 is 15.2 Å². The lowest BCUT2D eigenvalue weighted by atomic mass is 10.2. The summed E-state index contributed by atoms with van der Waals surface area (Å²) in [5.74, 6) is 0.863. The van der Waals surface area contributed by atoms with Gasteiger partial charge in [-0.3, -0.25) is 4.90 Å². The number of anilines is 1. The SMILES string of the molecule is O=C(O)C(F)(F)F.c1cc(NCC2CC2)nc(C2COCCN2CC2CC2)n1. The number of aliphatic carboxylic acids is 1. The van der Waals surface area contributed by atoms with Crippen LogP contribution in [0.2, 0.25) is 0 Å². The molecule has 3 fully saturated rings. The van der Waals surface area contributed by atoms with Crippen LogP contribution in [0.4, 0.5) is 19.0 Å². The lowest BCUT2D eigenvalue weighted by molar-refractivity contribution is -0.192. The van der Waals surface area contributed by atoms with E-state index in [2.05, 4.69) is 15.2 Å². The van der Waals surface area contributed by atoms with E-state index in [9.17, 15) is 13.2 Å². The molecule has 2 saturated carbocycles. The Kier molecular flexibility index (Phi) is 6.71. The Morgan fingerprint density at radius 2 is 1.96 bits per heavy atom. The number of rotatable bonds is 6. The average molecular weight is 402 g/mol. The molecule has 7 nitrogen and oxygen atoms in total. The van der Waals surface area contributed by atoms with E-state index in [4.69, 9.17) is 19.6 Å². The summed E-state index contributed by atoms with van der Waals surface area (Å²) in [6.07, 6.45) is 2.27. The number of aromatic nitrogens is 2. The van der Waals surface area contributed by atoms with E-state index < -0.39 is 12.1 Å². The largest absolute Gasteiger partial charge is 0.490 e. The van der Waals surface area contributed by atoms with Crippen molar-refractivity contribution in [1.29, 1.82) is 0 Å². The van der Waals surface area contributed by atoms with Crippen LogP contribution in [0.5, 0.6) is 0 Å². The molecular formula is C18H25F3N4O3. The van der Waals surface area contributed by atoms with Crippen LogP contribution in [-0.2, 0) is 9.53 Å². The van der Waals surface area contributed by atoms with Gasteiger partial charge in [0.1, 0.15) is 11.6 Å². The van der Waals surface area contributed by atoms with Crippen molar-refractivity contribution in [1.82, 2.24) is 14.9 Å². The summed E-state index contributed by atoms with van der Waals surface area (Å²) >= 11 is 0. The molecule has 0 radical (unpaired) electrons. The summed E-state index contributed by atoms with van der Waals surface area (Å²) in [6.45, 7) is 4.78. The number of carboxylic acids is 1. The quantitative estimate of drug-likeness (QED) is 0.756. The number of morpholine rings is 1. The van der Waals surface area contributed by atoms with E-state index in [1.54, 1.807) is 0 Å². The van der Waals surface area contributed by atoms with Crippen LogP contribution in [0.25, 0.3) is 0 Å². The van der Waals surface area contributed by atoms with Crippen LogP contribution >= 0.6 is 0 Å². The van der Waals surface area contributed by atoms with Crippen molar-refractivity contribution in [2.75, 3.05) is 38.2 Å². The van der Waals surface area contributed by atoms with Gasteiger partial charge in [-0.05, 0) is 43.6 Å². The molecule has 0 amide bonds. The molecule has 1 aromatic rings. The van der Waals surface area contributed by atoms with Crippen molar-refractivity contribution in [2.45, 2.75) is 37.9 Å². The van der Waals surface area contributed by atoms with Crippen molar-refractivity contribution in [3.05, 3.63) is 18.1 Å². The van der Waals surface area contributed by atoms with E-state index in [1.165, 1.54) is 32.2 Å². The molecule has 4 rings (SSSR count). The Hall–Kier alpha value is -1.94. The minimum absolute atomic E-state index is 0.224. The Balaban J connectivity index is 0.000000279. The minimum Gasteiger partial charge on any atom is -0.475 e. The van der Waals surface area contributed by atoms with E-state index in [0.717, 1.165) is 49.8 Å². The summed E-state index contributed by atoms with van der Waals surface area (Å²) in [7, 11) is 0. The van der Waals surface area contributed by atoms with E-state index >= 15 is 0 Å². The Morgan fingerprint density at radius 1 is 1.29 bits per heavy atom. The molecule has 0 spiro atoms. The first kappa shape index (κ1) is 20.8. The maximum atomic E-state index is 10.6. The summed E-state index contributed by atoms with van der Waals surface area (Å²) in [5, 5.41) is 10.6. The molecule has 10 heteroatoms. The number of hydrogen-bond acceptors (Lipinski definition) is 6. The smallest absolute Gasteiger partial charge is 0.475 e. The van der Waals surface area contributed by atoms with Crippen LogP contribution in [-0.4, -0.2) is 65.0 Å². The topological polar surface area (TPSA) is 87.6 Å². The van der Waals surface area contributed by atoms with E-state index in [1.807, 2.05) is 12.3 Å². The highest BCUT2D eigenvalue weighted by Gasteiger charge is 2.38. The van der Waals surface area contributed by atoms with Gasteiger partial charge in [0.15, 0.2) is 0 Å². The number of nitrogens with zero attached hydrogens (tertiary/aromatic N) is 3. The Morgan fingerprint density at radius 3 is 2.57 bits per heavy atom. The number of hydrogen-bond donors (Lipinski definition) is 2. The first-order valence-electron chi connectivity index (χ1n) is 9.51. The zero-order valence-electron chi connectivity index (χ0n) is 15.5. The van der Waals surface area contributed by atoms with Crippen LogP contribution in [0, 0.1) is 11.8 Å². The summed E-state index contributed by atoms with van der Waals surface area (Å²) in [6, 6.07) is 2.20. The molecule has 1 aliphatic heterocycles. The molecule has 2 aliphatic carbocycles. The predicted octanol–water partition coefficient (Wildman–Crippen LogP) is 2.72. The van der Waals surface area contributed by atoms with Gasteiger partial charge in [0, 0.05) is 25.8 Å². The third-order valence-electron chi connectivity index (χ3n) is 4.91. The summed E-state index contributed by atoms with van der Waals surface area (Å²) in [4.78, 5) is 20.7. The molecule has 1 aromatic heterocycles. The number of carbonyl (C=O) groups is 1. The molecule has 28 heavy (non-hydrogen) atoms. The third-order valence-corrected chi connectivity index (χ3v) is 4.91. The van der Waals surface area contributed by atoms with Crippen LogP contribution in [0.15, 0.2) is 12.3 Å². The zero-order valence-corrected chi connectivity index (χ0v) is 15.5. The molecule has 1 unspecified atom stereocenters. The summed E-state index contributed by atoms with van der Waals surface area (Å²) < 4.78 is 37.4. The van der Waals surface area contributed by atoms with Crippen LogP contribution < -0.4 is 5.32 Å². The molecule has 3 aliphatic rings. The van der Waals surface area contributed by atoms with Crippen LogP contribution in [0.3, 0.4) is 0 Å². The normalized spacial score (nSPS) is 22.9. The van der Waals surface area contributed by atoms with Gasteiger partial charge in [0.05, 0.1) is 19.3 Å². The molecule has 0 aromatic carbocycles. The predicted molar refractivity (Wildman–Crippen MR) is 94.8 cm³/mol. The molecule has 1 atom stereocenters. The van der Waals surface area contributed by atoms with Crippen molar-refractivity contribution in [3.63, 3.8) is 0 Å². The first-order valence-corrected chi connectivity index (χ1v) is 9.51. The van der Waals surface area contributed by atoms with Crippen molar-refractivity contribution in [2.24, 2.45) is 11.8 Å². The highest BCUT2D eigenvalue weighted by atomic mass is 19.4. The van der Waals surface area contributed by atoms with Gasteiger partial charge in [-0.1, -0.05) is 0 Å². The fourth-order valence-corrected chi connectivity index (χ4v) is 2.93. The van der Waals surface area contributed by atoms with E-state index in [0.29, 0.717) is 0 Å². The average Bonchev–Trinajstić information content (AvgIpc) is 3.56. The number of alkyl halides is 3. The fourth-order valence-electron chi connectivity index (χ4n) is 2.93. The highest BCUT2D eigenvalue weighted by molar-refractivity contribution is 5.73. The Bertz CT molecular complexity index is 666. The Labute approximate surface area is 161 Å². The van der Waals surface area contributed by atoms with Crippen LogP contribution in [0.1, 0.15) is 37.5 Å². The second-order valence-electron chi connectivity index (χ2n) is 7.46. The lowest BCUT2D eigenvalue weighted by Crippen LogP contribution is -2.41. The maximum absolute atomic E-state index is 10.6. The highest BCUT2D eigenvalue weighted by Crippen LogP contribution is 2.33. The van der Waals surface area contributed by atoms with Crippen molar-refractivity contribution >= 4 is 11.8 Å². The second-order valence-corrected chi connectivity index (χ2v) is 7.46. The number of carboxylic acid groups (broad SMARTS) is 1. The number of nitrogens with one attached hydrogen (secondary N) is 1. The molecule has 2 N–H and O–H groups in total. The molecule has 1 saturated heterocycles. The van der Waals surface area contributed by atoms with Gasteiger partial charge in [0.2, 0.25) is 0 Å². The number of ether oxygens (including phenoxy) is 1. The van der Waals surface area contributed by atoms with Gasteiger partial charge in [-0.25, -0.2) is 14.8 Å². The van der Waals surface area contributed by atoms with Gasteiger partial charge in [0.25, 0.3) is 0 Å². The fraction of sp³-hybridized carbons (Fsp3) is 0.722. The number of halogens is 3. The molecule has 0 bridgehead atoms. The van der Waals surface area contributed by atoms with Crippen molar-refractivity contribution in [3.8, 4) is 0 Å². The standard InChI is InChI=1S/C16H24N4O.C2HF3O2/c1-2-12(1)9-18-15-5-6-17-16(19-15)14-11-21-8-7-20(14)10-13-3-4-13;3-2(4,5)1(6)7/h5-6,12-14H,1-4,7-11H2,(H,17,18,19);(H,6,7). The van der Waals surface area contributed by atoms with E-state index in [-0.39, 0.29) is 6.04 Å². The van der Waals surface area contributed by atoms with Gasteiger partial charge in [-0.15, -0.1) is 0 Å². The first-order chi connectivity index (χ1) is 13.3. The lowest BCUT2D eigenvalue weighted by Gasteiger charge is -2.34. The minimum atomic E-state index is -5.08. The molecular weight excluding hydrogens is 377 g/mol. The van der Waals surface area contributed by atoms with Gasteiger partial charge in [-0.2, -0.15) is 13.2 Å². The maximum Gasteiger partial charge on any atom is 0.490 e. The molecule has 156 valence electrons. The zero-order chi connectivity index (χ0) is 20.1. The van der Waals surface area contributed by atoms with Gasteiger partial charge >= 0.3 is 12.1 Å². The van der Waals surface area contributed by atoms with Crippen molar-refractivity contribution < 1.29 is 27.8 Å². The second kappa shape index (κ2) is 9.04.